The van der Waals surface area contributed by atoms with E-state index in [1.54, 1.807) is 24.8 Å². The van der Waals surface area contributed by atoms with Gasteiger partial charge in [0.2, 0.25) is 0 Å². The number of hydrogen-bond donors (Lipinski definition) is 2. The molecule has 11 heteroatoms. The smallest absolute Gasteiger partial charge is 0.275 e. The van der Waals surface area contributed by atoms with Crippen molar-refractivity contribution < 1.29 is 19.4 Å². The maximum absolute atomic E-state index is 14.3. The number of rotatable bonds is 9. The van der Waals surface area contributed by atoms with Crippen molar-refractivity contribution in [1.82, 2.24) is 24.8 Å². The molecule has 6 rings (SSSR count). The summed E-state index contributed by atoms with van der Waals surface area (Å²) in [5.41, 5.74) is 2.01. The minimum Gasteiger partial charge on any atom is -0.493 e. The summed E-state index contributed by atoms with van der Waals surface area (Å²) in [5.74, 6) is 0.695. The van der Waals surface area contributed by atoms with Crippen molar-refractivity contribution in [2.45, 2.75) is 56.7 Å². The molecule has 2 fully saturated rings. The van der Waals surface area contributed by atoms with E-state index in [1.165, 1.54) is 0 Å². The Hall–Kier alpha value is -3.02. The van der Waals surface area contributed by atoms with E-state index in [9.17, 15) is 9.90 Å². The Bertz CT molecular complexity index is 1520. The number of hydrogen-bond acceptors (Lipinski definition) is 8. The number of ether oxygens (including phenoxy) is 2. The second-order valence-corrected chi connectivity index (χ2v) is 12.6. The number of thiazole rings is 1. The van der Waals surface area contributed by atoms with Gasteiger partial charge < -0.3 is 29.4 Å². The summed E-state index contributed by atoms with van der Waals surface area (Å²) in [4.78, 5) is 25.5. The number of fused-ring (bicyclic) bond motifs is 1. The normalized spacial score (nSPS) is 22.3. The highest BCUT2D eigenvalue weighted by Gasteiger charge is 2.42. The first kappa shape index (κ1) is 31.4. The van der Waals surface area contributed by atoms with Crippen LogP contribution in [0.4, 0.5) is 0 Å². The fourth-order valence-corrected chi connectivity index (χ4v) is 7.31. The van der Waals surface area contributed by atoms with Gasteiger partial charge in [0.25, 0.3) is 5.91 Å². The van der Waals surface area contributed by atoms with E-state index in [1.807, 2.05) is 58.9 Å². The van der Waals surface area contributed by atoms with Crippen LogP contribution in [0, 0.1) is 6.92 Å². The average molecular weight is 626 g/mol. The number of methoxy groups -OCH3 is 1. The number of piperazine rings is 1. The minimum absolute atomic E-state index is 0. The van der Waals surface area contributed by atoms with Crippen molar-refractivity contribution >= 4 is 39.9 Å². The summed E-state index contributed by atoms with van der Waals surface area (Å²) in [7, 11) is 1.62. The standard InChI is InChI=1S/C32H39N5O4S.ClH/c1-22-35-26-18-25(11-12-27(26)42-22)41-17-13-24-19-33-15-16-36(24)31(38)29-30(23-8-4-3-5-9-23)37(21-34-29)28-10-6-7-14-32(28,39)20-40-2;/h3-5,8-9,11-12,18,21,24,28,33,39H,6-7,10,13-17,19-20H2,1-2H3;1H. The molecule has 1 saturated carbocycles. The first-order chi connectivity index (χ1) is 20.5. The van der Waals surface area contributed by atoms with E-state index in [0.717, 1.165) is 58.0 Å². The Morgan fingerprint density at radius 1 is 1.21 bits per heavy atom. The third-order valence-electron chi connectivity index (χ3n) is 8.53. The van der Waals surface area contributed by atoms with Crippen LogP contribution >= 0.6 is 23.7 Å². The molecule has 0 bridgehead atoms. The molecule has 3 atom stereocenters. The SMILES string of the molecule is COCC1(O)CCCCC1n1cnc(C(=O)N2CCNCC2CCOc2ccc3sc(C)nc3c2)c1-c1ccccc1.Cl. The van der Waals surface area contributed by atoms with Gasteiger partial charge in [-0.1, -0.05) is 43.2 Å². The van der Waals surface area contributed by atoms with Crippen LogP contribution < -0.4 is 10.1 Å². The number of halogens is 1. The van der Waals surface area contributed by atoms with Gasteiger partial charge in [0.1, 0.15) is 11.4 Å². The molecule has 9 nitrogen and oxygen atoms in total. The fraction of sp³-hybridized carbons (Fsp3) is 0.469. The highest BCUT2D eigenvalue weighted by Crippen LogP contribution is 2.41. The molecule has 2 aromatic carbocycles. The second kappa shape index (κ2) is 13.7. The van der Waals surface area contributed by atoms with Crippen LogP contribution in [-0.4, -0.2) is 82.0 Å². The molecule has 0 spiro atoms. The summed E-state index contributed by atoms with van der Waals surface area (Å²) < 4.78 is 14.8. The van der Waals surface area contributed by atoms with E-state index < -0.39 is 5.60 Å². The van der Waals surface area contributed by atoms with Crippen molar-refractivity contribution in [2.75, 3.05) is 40.0 Å². The number of nitrogens with one attached hydrogen (secondary N) is 1. The van der Waals surface area contributed by atoms with Gasteiger partial charge in [-0.25, -0.2) is 9.97 Å². The van der Waals surface area contributed by atoms with Crippen molar-refractivity contribution in [2.24, 2.45) is 0 Å². The van der Waals surface area contributed by atoms with Crippen molar-refractivity contribution in [3.8, 4) is 17.0 Å². The average Bonchev–Trinajstić information content (AvgIpc) is 3.60. The molecule has 2 aromatic heterocycles. The summed E-state index contributed by atoms with van der Waals surface area (Å²) >= 11 is 1.67. The number of aromatic nitrogens is 3. The predicted octanol–water partition coefficient (Wildman–Crippen LogP) is 5.27. The molecule has 2 aliphatic rings. The molecule has 3 unspecified atom stereocenters. The van der Waals surface area contributed by atoms with Crippen LogP contribution in [0.3, 0.4) is 0 Å². The predicted molar refractivity (Wildman–Crippen MR) is 171 cm³/mol. The molecule has 43 heavy (non-hydrogen) atoms. The second-order valence-electron chi connectivity index (χ2n) is 11.4. The van der Waals surface area contributed by atoms with Crippen LogP contribution in [0.5, 0.6) is 5.75 Å². The fourth-order valence-electron chi connectivity index (χ4n) is 6.50. The molecule has 2 N–H and O–H groups in total. The number of aliphatic hydroxyl groups is 1. The Labute approximate surface area is 262 Å². The Kier molecular flexibility index (Phi) is 10.0. The van der Waals surface area contributed by atoms with Crippen molar-refractivity contribution in [3.05, 3.63) is 65.6 Å². The van der Waals surface area contributed by atoms with Crippen LogP contribution in [0.1, 0.15) is 53.6 Å². The van der Waals surface area contributed by atoms with Gasteiger partial charge in [-0.15, -0.1) is 23.7 Å². The number of amides is 1. The Morgan fingerprint density at radius 3 is 2.86 bits per heavy atom. The summed E-state index contributed by atoms with van der Waals surface area (Å²) in [6, 6.07) is 15.7. The van der Waals surface area contributed by atoms with Crippen LogP contribution in [0.25, 0.3) is 21.5 Å². The van der Waals surface area contributed by atoms with Gasteiger partial charge >= 0.3 is 0 Å². The number of imidazole rings is 1. The molecule has 1 saturated heterocycles. The number of carbonyl (C=O) groups excluding carboxylic acids is 1. The zero-order chi connectivity index (χ0) is 29.1. The molecule has 1 amide bonds. The Morgan fingerprint density at radius 2 is 2.05 bits per heavy atom. The van der Waals surface area contributed by atoms with E-state index in [-0.39, 0.29) is 37.0 Å². The highest BCUT2D eigenvalue weighted by atomic mass is 35.5. The molecule has 1 aliphatic carbocycles. The lowest BCUT2D eigenvalue weighted by molar-refractivity contribution is -0.0893. The number of benzene rings is 2. The first-order valence-electron chi connectivity index (χ1n) is 14.8. The van der Waals surface area contributed by atoms with Gasteiger partial charge in [0.05, 0.1) is 46.5 Å². The summed E-state index contributed by atoms with van der Waals surface area (Å²) in [6.07, 6.45) is 5.81. The third kappa shape index (κ3) is 6.58. The Balaban J connectivity index is 0.00000368. The quantitative estimate of drug-likeness (QED) is 0.261. The number of carbonyl (C=O) groups is 1. The lowest BCUT2D eigenvalue weighted by atomic mass is 9.80. The molecular weight excluding hydrogens is 586 g/mol. The number of aryl methyl sites for hydroxylation is 1. The topological polar surface area (TPSA) is 102 Å². The molecule has 230 valence electrons. The summed E-state index contributed by atoms with van der Waals surface area (Å²) in [5, 5.41) is 16.1. The maximum Gasteiger partial charge on any atom is 0.275 e. The molecule has 1 aliphatic heterocycles. The van der Waals surface area contributed by atoms with Crippen LogP contribution in [-0.2, 0) is 4.74 Å². The monoisotopic (exact) mass is 625 g/mol. The van der Waals surface area contributed by atoms with Crippen LogP contribution in [0.2, 0.25) is 0 Å². The summed E-state index contributed by atoms with van der Waals surface area (Å²) in [6.45, 7) is 4.73. The maximum atomic E-state index is 14.3. The number of nitrogens with zero attached hydrogens (tertiary/aromatic N) is 4. The molecule has 3 heterocycles. The van der Waals surface area contributed by atoms with Crippen LogP contribution in [0.15, 0.2) is 54.9 Å². The van der Waals surface area contributed by atoms with E-state index >= 15 is 0 Å². The highest BCUT2D eigenvalue weighted by molar-refractivity contribution is 7.18. The molecular formula is C32H40ClN5O4S. The molecule has 0 radical (unpaired) electrons. The molecule has 4 aromatic rings. The minimum atomic E-state index is -1.02. The van der Waals surface area contributed by atoms with Gasteiger partial charge in [0.15, 0.2) is 5.69 Å². The van der Waals surface area contributed by atoms with E-state index in [4.69, 9.17) is 14.5 Å². The van der Waals surface area contributed by atoms with Crippen molar-refractivity contribution in [1.29, 1.82) is 0 Å². The van der Waals surface area contributed by atoms with E-state index in [0.29, 0.717) is 38.2 Å². The third-order valence-corrected chi connectivity index (χ3v) is 9.48. The lowest BCUT2D eigenvalue weighted by Crippen LogP contribution is -2.54. The van der Waals surface area contributed by atoms with Gasteiger partial charge in [0, 0.05) is 50.8 Å². The van der Waals surface area contributed by atoms with Gasteiger partial charge in [-0.3, -0.25) is 4.79 Å². The van der Waals surface area contributed by atoms with Gasteiger partial charge in [-0.05, 0) is 31.9 Å². The first-order valence-corrected chi connectivity index (χ1v) is 15.6. The van der Waals surface area contributed by atoms with E-state index in [2.05, 4.69) is 16.4 Å². The largest absolute Gasteiger partial charge is 0.493 e. The zero-order valence-electron chi connectivity index (χ0n) is 24.7. The zero-order valence-corrected chi connectivity index (χ0v) is 26.3. The van der Waals surface area contributed by atoms with Crippen molar-refractivity contribution in [3.63, 3.8) is 0 Å². The van der Waals surface area contributed by atoms with Gasteiger partial charge in [-0.2, -0.15) is 0 Å². The lowest BCUT2D eigenvalue weighted by Gasteiger charge is -2.41.